The molecule has 0 aromatic heterocycles. The number of nitriles is 1. The lowest BCUT2D eigenvalue weighted by molar-refractivity contribution is 0.197. The lowest BCUT2D eigenvalue weighted by atomic mass is 10.0. The van der Waals surface area contributed by atoms with Crippen LogP contribution in [-0.2, 0) is 4.74 Å². The van der Waals surface area contributed by atoms with E-state index in [0.717, 1.165) is 5.69 Å². The molecule has 0 fully saturated rings. The molecule has 0 heterocycles. The Morgan fingerprint density at radius 3 is 2.70 bits per heavy atom. The number of hydrogen-bond acceptors (Lipinski definition) is 4. The van der Waals surface area contributed by atoms with Crippen LogP contribution in [0.4, 0.5) is 10.1 Å². The van der Waals surface area contributed by atoms with Crippen molar-refractivity contribution in [3.05, 3.63) is 29.1 Å². The van der Waals surface area contributed by atoms with Crippen LogP contribution in [0.3, 0.4) is 0 Å². The number of aryl methyl sites for hydroxylation is 1. The first-order valence-corrected chi connectivity index (χ1v) is 6.60. The minimum atomic E-state index is -0.771. The summed E-state index contributed by atoms with van der Waals surface area (Å²) in [5, 5.41) is 18.6. The molecule has 0 amide bonds. The second-order valence-corrected chi connectivity index (χ2v) is 4.72. The largest absolute Gasteiger partial charge is 0.389 e. The van der Waals surface area contributed by atoms with Gasteiger partial charge in [0.25, 0.3) is 0 Å². The van der Waals surface area contributed by atoms with Crippen LogP contribution in [0.1, 0.15) is 30.6 Å². The second-order valence-electron chi connectivity index (χ2n) is 4.72. The number of benzene rings is 1. The molecule has 0 bridgehead atoms. The van der Waals surface area contributed by atoms with Gasteiger partial charge in [0.1, 0.15) is 5.82 Å². The monoisotopic (exact) mass is 280 g/mol. The average Bonchev–Trinajstić information content (AvgIpc) is 2.41. The number of anilines is 1. The number of ether oxygens (including phenoxy) is 1. The van der Waals surface area contributed by atoms with Gasteiger partial charge in [-0.2, -0.15) is 5.26 Å². The van der Waals surface area contributed by atoms with Crippen LogP contribution in [0.5, 0.6) is 0 Å². The van der Waals surface area contributed by atoms with Crippen LogP contribution in [0.2, 0.25) is 0 Å². The summed E-state index contributed by atoms with van der Waals surface area (Å²) in [6.07, 6.45) is -0.411. The van der Waals surface area contributed by atoms with E-state index in [1.54, 1.807) is 27.0 Å². The Hall–Kier alpha value is -1.64. The molecule has 0 aliphatic carbocycles. The van der Waals surface area contributed by atoms with Crippen LogP contribution in [0, 0.1) is 24.1 Å². The zero-order valence-corrected chi connectivity index (χ0v) is 12.2. The van der Waals surface area contributed by atoms with Crippen molar-refractivity contribution in [2.24, 2.45) is 0 Å². The standard InChI is InChI=1S/C15H21FN2O2/c1-11-9-15(13(12(2)19)10-14(11)16)18(6-4-5-17)7-8-20-3/h9-10,12,19H,4,6-8H2,1-3H3/t12-/m1/s1. The summed E-state index contributed by atoms with van der Waals surface area (Å²) in [5.74, 6) is -0.336. The molecule has 0 spiro atoms. The Balaban J connectivity index is 3.15. The quantitative estimate of drug-likeness (QED) is 0.834. The van der Waals surface area contributed by atoms with Crippen LogP contribution in [0.25, 0.3) is 0 Å². The molecule has 1 aromatic carbocycles. The molecule has 5 heteroatoms. The molecule has 4 nitrogen and oxygen atoms in total. The fraction of sp³-hybridized carbons (Fsp3) is 0.533. The maximum absolute atomic E-state index is 13.7. The van der Waals surface area contributed by atoms with E-state index in [4.69, 9.17) is 10.00 Å². The van der Waals surface area contributed by atoms with Gasteiger partial charge in [-0.3, -0.25) is 0 Å². The van der Waals surface area contributed by atoms with Crippen LogP contribution in [0.15, 0.2) is 12.1 Å². The van der Waals surface area contributed by atoms with Gasteiger partial charge in [-0.25, -0.2) is 4.39 Å². The molecular formula is C15H21FN2O2. The summed E-state index contributed by atoms with van der Waals surface area (Å²) in [5.41, 5.74) is 1.80. The predicted molar refractivity (Wildman–Crippen MR) is 76.1 cm³/mol. The van der Waals surface area contributed by atoms with Gasteiger partial charge >= 0.3 is 0 Å². The van der Waals surface area contributed by atoms with Gasteiger partial charge in [-0.1, -0.05) is 0 Å². The SMILES string of the molecule is COCCN(CCC#N)c1cc(C)c(F)cc1[C@@H](C)O. The summed E-state index contributed by atoms with van der Waals surface area (Å²) in [4.78, 5) is 1.95. The van der Waals surface area contributed by atoms with Gasteiger partial charge in [0, 0.05) is 31.5 Å². The molecule has 110 valence electrons. The molecule has 0 unspecified atom stereocenters. The zero-order chi connectivity index (χ0) is 15.1. The van der Waals surface area contributed by atoms with Crippen molar-refractivity contribution in [1.82, 2.24) is 0 Å². The van der Waals surface area contributed by atoms with E-state index in [1.807, 2.05) is 4.90 Å². The fourth-order valence-corrected chi connectivity index (χ4v) is 2.03. The van der Waals surface area contributed by atoms with Crippen LogP contribution < -0.4 is 4.90 Å². The zero-order valence-electron chi connectivity index (χ0n) is 12.2. The molecule has 0 saturated heterocycles. The number of halogens is 1. The smallest absolute Gasteiger partial charge is 0.126 e. The maximum Gasteiger partial charge on any atom is 0.126 e. The van der Waals surface area contributed by atoms with Gasteiger partial charge in [0.15, 0.2) is 0 Å². The van der Waals surface area contributed by atoms with Gasteiger partial charge in [0.2, 0.25) is 0 Å². The first kappa shape index (κ1) is 16.4. The Labute approximate surface area is 119 Å². The van der Waals surface area contributed by atoms with E-state index in [-0.39, 0.29) is 5.82 Å². The van der Waals surface area contributed by atoms with E-state index in [2.05, 4.69) is 6.07 Å². The molecule has 1 atom stereocenters. The van der Waals surface area contributed by atoms with E-state index in [1.165, 1.54) is 6.07 Å². The maximum atomic E-state index is 13.7. The third-order valence-electron chi connectivity index (χ3n) is 3.16. The Kier molecular flexibility index (Phi) is 6.43. The number of methoxy groups -OCH3 is 1. The molecule has 0 aliphatic rings. The Morgan fingerprint density at radius 1 is 1.45 bits per heavy atom. The third-order valence-corrected chi connectivity index (χ3v) is 3.16. The molecular weight excluding hydrogens is 259 g/mol. The van der Waals surface area contributed by atoms with Gasteiger partial charge in [0.05, 0.1) is 25.2 Å². The van der Waals surface area contributed by atoms with Crippen molar-refractivity contribution in [2.45, 2.75) is 26.4 Å². The summed E-state index contributed by atoms with van der Waals surface area (Å²) >= 11 is 0. The number of rotatable bonds is 7. The highest BCUT2D eigenvalue weighted by atomic mass is 19.1. The molecule has 20 heavy (non-hydrogen) atoms. The average molecular weight is 280 g/mol. The molecule has 1 aromatic rings. The van der Waals surface area contributed by atoms with Gasteiger partial charge < -0.3 is 14.7 Å². The van der Waals surface area contributed by atoms with Crippen LogP contribution in [-0.4, -0.2) is 31.9 Å². The lowest BCUT2D eigenvalue weighted by Crippen LogP contribution is -2.29. The fourth-order valence-electron chi connectivity index (χ4n) is 2.03. The second kappa shape index (κ2) is 7.83. The Bertz CT molecular complexity index is 483. The summed E-state index contributed by atoms with van der Waals surface area (Å²) < 4.78 is 18.7. The molecule has 0 aliphatic heterocycles. The molecule has 1 N–H and O–H groups in total. The summed E-state index contributed by atoms with van der Waals surface area (Å²) in [6.45, 7) is 4.89. The van der Waals surface area contributed by atoms with Crippen molar-refractivity contribution in [3.63, 3.8) is 0 Å². The Morgan fingerprint density at radius 2 is 2.15 bits per heavy atom. The van der Waals surface area contributed by atoms with E-state index in [0.29, 0.717) is 37.2 Å². The van der Waals surface area contributed by atoms with Crippen molar-refractivity contribution in [3.8, 4) is 6.07 Å². The van der Waals surface area contributed by atoms with Crippen molar-refractivity contribution < 1.29 is 14.2 Å². The highest BCUT2D eigenvalue weighted by molar-refractivity contribution is 5.57. The van der Waals surface area contributed by atoms with Crippen molar-refractivity contribution in [1.29, 1.82) is 5.26 Å². The van der Waals surface area contributed by atoms with Gasteiger partial charge in [-0.15, -0.1) is 0 Å². The first-order valence-electron chi connectivity index (χ1n) is 6.60. The minimum Gasteiger partial charge on any atom is -0.389 e. The summed E-state index contributed by atoms with van der Waals surface area (Å²) in [7, 11) is 1.61. The normalized spacial score (nSPS) is 12.0. The highest BCUT2D eigenvalue weighted by Gasteiger charge is 2.17. The van der Waals surface area contributed by atoms with E-state index >= 15 is 0 Å². The van der Waals surface area contributed by atoms with E-state index in [9.17, 15) is 9.50 Å². The lowest BCUT2D eigenvalue weighted by Gasteiger charge is -2.27. The van der Waals surface area contributed by atoms with Gasteiger partial charge in [-0.05, 0) is 31.5 Å². The topological polar surface area (TPSA) is 56.5 Å². The molecule has 0 saturated carbocycles. The highest BCUT2D eigenvalue weighted by Crippen LogP contribution is 2.29. The van der Waals surface area contributed by atoms with Crippen molar-refractivity contribution in [2.75, 3.05) is 31.7 Å². The molecule has 1 rings (SSSR count). The van der Waals surface area contributed by atoms with E-state index < -0.39 is 6.10 Å². The number of hydrogen-bond donors (Lipinski definition) is 1. The number of aliphatic hydroxyl groups excluding tert-OH is 1. The molecule has 0 radical (unpaired) electrons. The first-order chi connectivity index (χ1) is 9.51. The summed E-state index contributed by atoms with van der Waals surface area (Å²) in [6, 6.07) is 5.18. The van der Waals surface area contributed by atoms with Crippen LogP contribution >= 0.6 is 0 Å². The minimum absolute atomic E-state index is 0.336. The van der Waals surface area contributed by atoms with Crippen molar-refractivity contribution >= 4 is 5.69 Å². The number of aliphatic hydroxyl groups is 1. The third kappa shape index (κ3) is 4.19. The number of nitrogens with zero attached hydrogens (tertiary/aromatic N) is 2. The predicted octanol–water partition coefficient (Wildman–Crippen LogP) is 2.55.